The summed E-state index contributed by atoms with van der Waals surface area (Å²) in [5.74, 6) is -19.4. The van der Waals surface area contributed by atoms with Crippen molar-refractivity contribution in [1.29, 1.82) is 0 Å². The Morgan fingerprint density at radius 2 is 0.606 bits per heavy atom. The molecule has 748 valence electrons. The molecule has 0 saturated carbocycles. The highest BCUT2D eigenvalue weighted by Crippen LogP contribution is 2.47. The molecule has 4 N–H and O–H groups in total. The maximum absolute atomic E-state index is 14.9. The summed E-state index contributed by atoms with van der Waals surface area (Å²) in [6.07, 6.45) is -28.7. The van der Waals surface area contributed by atoms with Gasteiger partial charge in [0.25, 0.3) is 23.6 Å². The van der Waals surface area contributed by atoms with Crippen LogP contribution < -0.4 is 73.4 Å². The zero-order valence-corrected chi connectivity index (χ0v) is 71.9. The van der Waals surface area contributed by atoms with E-state index in [0.29, 0.717) is 18.2 Å². The van der Waals surface area contributed by atoms with Crippen molar-refractivity contribution in [2.24, 2.45) is 0 Å². The number of ether oxygens (including phenoxy) is 11. The number of Topliss-reactive ketones (excluding diaryl/α,β-unsaturated/α-hetero) is 4. The Bertz CT molecular complexity index is 6720. The van der Waals surface area contributed by atoms with Crippen LogP contribution in [-0.2, 0) is 18.5 Å². The summed E-state index contributed by atoms with van der Waals surface area (Å²) in [4.78, 5) is 119. The van der Waals surface area contributed by atoms with Gasteiger partial charge in [-0.05, 0) is 133 Å². The number of pyridine rings is 6. The maximum Gasteiger partial charge on any atom is 0.573 e. The number of methoxy groups -OCH3 is 3. The van der Waals surface area contributed by atoms with Gasteiger partial charge in [-0.1, -0.05) is 0 Å². The van der Waals surface area contributed by atoms with Crippen LogP contribution in [0.3, 0.4) is 0 Å². The van der Waals surface area contributed by atoms with Gasteiger partial charge in [0, 0.05) is 81.5 Å². The zero-order chi connectivity index (χ0) is 105. The van der Waals surface area contributed by atoms with Crippen LogP contribution in [0.2, 0.25) is 0 Å². The fourth-order valence-corrected chi connectivity index (χ4v) is 11.4. The van der Waals surface area contributed by atoms with Crippen molar-refractivity contribution in [1.82, 2.24) is 29.9 Å². The molecular weight excluding hydrogens is 1980 g/mol. The molecule has 12 rings (SSSR count). The van der Waals surface area contributed by atoms with E-state index in [9.17, 15) is 148 Å². The van der Waals surface area contributed by atoms with Gasteiger partial charge >= 0.3 is 44.0 Å². The lowest BCUT2D eigenvalue weighted by atomic mass is 10.0. The normalized spacial score (nSPS) is 11.5. The molecular formula is C88H57F25N10O19. The Hall–Kier alpha value is -17.2. The molecule has 12 aromatic rings. The topological polar surface area (TPSA) is 364 Å². The number of hydrogen-bond acceptors (Lipinski definition) is 25. The van der Waals surface area contributed by atoms with E-state index in [2.05, 4.69) is 64.8 Å². The predicted octanol–water partition coefficient (Wildman–Crippen LogP) is 23.3. The first-order chi connectivity index (χ1) is 66.2. The number of anilines is 4. The Kier molecular flexibility index (Phi) is 34.4. The minimum Gasteiger partial charge on any atom is -0.493 e. The van der Waals surface area contributed by atoms with Crippen molar-refractivity contribution in [3.8, 4) is 86.2 Å². The van der Waals surface area contributed by atoms with E-state index in [1.165, 1.54) is 51.6 Å². The van der Waals surface area contributed by atoms with E-state index < -0.39 is 210 Å². The van der Waals surface area contributed by atoms with Gasteiger partial charge in [-0.25, -0.2) is 22.5 Å². The first-order valence-corrected chi connectivity index (χ1v) is 38.4. The van der Waals surface area contributed by atoms with Crippen LogP contribution in [0.5, 0.6) is 86.2 Å². The zero-order valence-electron chi connectivity index (χ0n) is 71.9. The SMILES string of the molecule is CC(=O)c1cc(NC(=O)c2c(Oc3ccc(OC(F)(F)F)cc3)cc(C(F)(F)F)cc2C(F)(F)F)ccn1.COc1cc(OC(F)(F)F)ccc1Oc1cc(C(F)(F)F)cc(F)c1C(=O)Nc1ccnc(C(C)=O)c1.COc1cc(OC(F)(F)F)ccc1Oc1cncc(F)c1C(=O)Nc1ccc(F)c(C(C)=O)n1.COc1cc(OC(F)(F)F)ccc1Oc1cncc(F)c1C(=O)Nc1ccnc(C(C)=O)c1. The molecule has 0 aliphatic carbocycles. The number of rotatable bonds is 27. The highest BCUT2D eigenvalue weighted by molar-refractivity contribution is 6.10. The van der Waals surface area contributed by atoms with Gasteiger partial charge in [0.15, 0.2) is 86.6 Å². The molecule has 0 radical (unpaired) electrons. The molecule has 0 fully saturated rings. The van der Waals surface area contributed by atoms with Crippen LogP contribution in [0.15, 0.2) is 195 Å². The van der Waals surface area contributed by atoms with Crippen molar-refractivity contribution in [3.63, 3.8) is 0 Å². The third kappa shape index (κ3) is 30.9. The lowest BCUT2D eigenvalue weighted by Gasteiger charge is -2.20. The number of amides is 4. The standard InChI is InChI=1S/C23H13F9N2O4.C23H15F7N2O5.C21H14F5N3O5.C21H15F4N3O5/c1-11(35)17-10-13(6-7-33-17)34-20(36)19-16(22(27,28)29)8-12(21(24,25)26)9-18(19)37-14-2-4-15(5-3-14)38-23(30,31)32;1-11(33)16-9-13(5-6-31-16)32-21(34)20-15(24)7-12(22(25,26)27)8-19(20)36-17-4-3-14(10-18(17)35-2)37-23(28,29)30;1-10(30)19-12(22)4-6-17(28-19)29-20(31)18-13(23)8-27-9-16(18)33-14-5-3-11(7-15(14)32-2)34-21(24,25)26;1-11(29)15-7-12(5-6-27-15)28-20(30)19-14(22)9-26-10-18(19)32-16-4-3-13(8-17(16)31-2)33-21(23,24)25/h2-10H,1H3,(H,33,34,36);3-10H,1-2H3,(H,31,32,34);3-9H,1-2H3,(H,28,29,31);3-10H,1-2H3,(H,27,28,30). The Morgan fingerprint density at radius 1 is 0.282 bits per heavy atom. The van der Waals surface area contributed by atoms with Gasteiger partial charge in [-0.3, -0.25) is 63.3 Å². The number of nitrogens with one attached hydrogen (secondary N) is 4. The minimum absolute atomic E-state index is 0.0262. The van der Waals surface area contributed by atoms with E-state index in [4.69, 9.17) is 33.2 Å². The first-order valence-electron chi connectivity index (χ1n) is 38.4. The van der Waals surface area contributed by atoms with E-state index >= 15 is 0 Å². The van der Waals surface area contributed by atoms with E-state index in [0.717, 1.165) is 156 Å². The van der Waals surface area contributed by atoms with Crippen molar-refractivity contribution in [3.05, 3.63) is 280 Å². The van der Waals surface area contributed by atoms with Crippen LogP contribution in [0.25, 0.3) is 0 Å². The second kappa shape index (κ2) is 45.0. The summed E-state index contributed by atoms with van der Waals surface area (Å²) in [6.45, 7) is 4.70. The average molecular weight is 2030 g/mol. The van der Waals surface area contributed by atoms with Crippen LogP contribution in [0, 0.1) is 23.3 Å². The molecule has 0 spiro atoms. The molecule has 142 heavy (non-hydrogen) atoms. The van der Waals surface area contributed by atoms with Crippen LogP contribution >= 0.6 is 0 Å². The molecule has 0 saturated heterocycles. The average Bonchev–Trinajstić information content (AvgIpc) is 0.770. The minimum atomic E-state index is -5.47. The van der Waals surface area contributed by atoms with Crippen molar-refractivity contribution in [2.75, 3.05) is 42.6 Å². The molecule has 0 unspecified atom stereocenters. The molecule has 29 nitrogen and oxygen atoms in total. The number of aromatic nitrogens is 6. The van der Waals surface area contributed by atoms with Gasteiger partial charge < -0.3 is 73.4 Å². The van der Waals surface area contributed by atoms with E-state index in [1.807, 2.05) is 5.32 Å². The quantitative estimate of drug-likeness (QED) is 0.0274. The van der Waals surface area contributed by atoms with E-state index in [-0.39, 0.29) is 92.7 Å². The number of ketones is 4. The summed E-state index contributed by atoms with van der Waals surface area (Å²) in [5.41, 5.74) is -9.54. The molecule has 6 aromatic carbocycles. The van der Waals surface area contributed by atoms with Crippen LogP contribution in [0.1, 0.15) is 128 Å². The third-order valence-corrected chi connectivity index (χ3v) is 17.4. The summed E-state index contributed by atoms with van der Waals surface area (Å²) in [7, 11) is 3.34. The number of hydrogen-bond donors (Lipinski definition) is 4. The molecule has 4 amide bonds. The molecule has 0 atom stereocenters. The molecule has 0 aliphatic rings. The Balaban J connectivity index is 0.000000212. The van der Waals surface area contributed by atoms with E-state index in [1.54, 1.807) is 0 Å². The number of alkyl halides is 21. The summed E-state index contributed by atoms with van der Waals surface area (Å²) in [5, 5.41) is 8.93. The van der Waals surface area contributed by atoms with Crippen LogP contribution in [0.4, 0.5) is 133 Å². The number of carbonyl (C=O) groups is 8. The Morgan fingerprint density at radius 3 is 0.951 bits per heavy atom. The van der Waals surface area contributed by atoms with Gasteiger partial charge in [0.05, 0.1) is 68.4 Å². The van der Waals surface area contributed by atoms with Gasteiger partial charge in [-0.2, -0.15) is 39.5 Å². The number of halogens is 25. The predicted molar refractivity (Wildman–Crippen MR) is 437 cm³/mol. The number of carbonyl (C=O) groups excluding carboxylic acids is 8. The van der Waals surface area contributed by atoms with Gasteiger partial charge in [0.2, 0.25) is 0 Å². The van der Waals surface area contributed by atoms with Crippen molar-refractivity contribution in [2.45, 2.75) is 71.7 Å². The number of benzene rings is 6. The van der Waals surface area contributed by atoms with Gasteiger partial charge in [-0.15, -0.1) is 52.7 Å². The number of nitrogens with zero attached hydrogens (tertiary/aromatic N) is 6. The highest BCUT2D eigenvalue weighted by atomic mass is 19.4. The summed E-state index contributed by atoms with van der Waals surface area (Å²) in [6, 6.07) is 20.6. The lowest BCUT2D eigenvalue weighted by molar-refractivity contribution is -0.275. The summed E-state index contributed by atoms with van der Waals surface area (Å²) >= 11 is 0. The molecule has 6 aromatic heterocycles. The smallest absolute Gasteiger partial charge is 0.493 e. The van der Waals surface area contributed by atoms with Crippen molar-refractivity contribution < 1.29 is 200 Å². The van der Waals surface area contributed by atoms with Gasteiger partial charge in [0.1, 0.15) is 91.3 Å². The Labute approximate surface area is 777 Å². The molecule has 0 bridgehead atoms. The highest BCUT2D eigenvalue weighted by Gasteiger charge is 2.44. The first kappa shape index (κ1) is 108. The monoisotopic (exact) mass is 2030 g/mol. The fourth-order valence-electron chi connectivity index (χ4n) is 11.4. The molecule has 6 heterocycles. The second-order valence-corrected chi connectivity index (χ2v) is 27.6. The van der Waals surface area contributed by atoms with Crippen LogP contribution in [-0.4, -0.2) is 123 Å². The molecule has 0 aliphatic heterocycles. The fraction of sp³-hybridized carbons (Fsp3) is 0.159. The maximum atomic E-state index is 14.9. The lowest BCUT2D eigenvalue weighted by Crippen LogP contribution is -2.21. The summed E-state index contributed by atoms with van der Waals surface area (Å²) < 4.78 is 380. The van der Waals surface area contributed by atoms with Crippen molar-refractivity contribution >= 4 is 69.6 Å². The largest absolute Gasteiger partial charge is 0.573 e. The third-order valence-electron chi connectivity index (χ3n) is 17.4. The second-order valence-electron chi connectivity index (χ2n) is 27.6. The molecule has 54 heteroatoms.